The fourth-order valence-electron chi connectivity index (χ4n) is 2.64. The largest absolute Gasteiger partial charge is 0.345 e. The number of carbonyl (C=O) groups excluding carboxylic acids is 1. The van der Waals surface area contributed by atoms with E-state index in [-0.39, 0.29) is 11.9 Å². The summed E-state index contributed by atoms with van der Waals surface area (Å²) in [6, 6.07) is 9.99. The van der Waals surface area contributed by atoms with Crippen LogP contribution in [0.2, 0.25) is 5.02 Å². The number of nitrogens with one attached hydrogen (secondary N) is 1. The number of nitrogens with zero attached hydrogens (tertiary/aromatic N) is 1. The highest BCUT2D eigenvalue weighted by atomic mass is 35.5. The average molecular weight is 287 g/mol. The number of benzene rings is 1. The summed E-state index contributed by atoms with van der Waals surface area (Å²) in [7, 11) is 0. The van der Waals surface area contributed by atoms with Crippen LogP contribution in [0.15, 0.2) is 36.5 Å². The molecule has 1 N–H and O–H groups in total. The van der Waals surface area contributed by atoms with E-state index < -0.39 is 0 Å². The molecule has 1 heterocycles. The molecule has 0 aliphatic heterocycles. The highest BCUT2D eigenvalue weighted by Gasteiger charge is 2.24. The fraction of sp³-hybridized carbons (Fsp3) is 0.250. The van der Waals surface area contributed by atoms with Gasteiger partial charge in [-0.1, -0.05) is 35.9 Å². The van der Waals surface area contributed by atoms with Gasteiger partial charge in [-0.3, -0.25) is 9.78 Å². The van der Waals surface area contributed by atoms with Gasteiger partial charge in [0.1, 0.15) is 0 Å². The van der Waals surface area contributed by atoms with Crippen LogP contribution in [0.5, 0.6) is 0 Å². The van der Waals surface area contributed by atoms with E-state index in [2.05, 4.69) is 22.4 Å². The number of aromatic nitrogens is 1. The minimum atomic E-state index is -0.163. The Morgan fingerprint density at radius 3 is 3.00 bits per heavy atom. The Hall–Kier alpha value is -1.87. The first-order chi connectivity index (χ1) is 9.65. The third-order valence-electron chi connectivity index (χ3n) is 3.67. The molecule has 20 heavy (non-hydrogen) atoms. The van der Waals surface area contributed by atoms with Gasteiger partial charge in [0.05, 0.1) is 16.6 Å². The van der Waals surface area contributed by atoms with Gasteiger partial charge in [-0.25, -0.2) is 0 Å². The van der Waals surface area contributed by atoms with E-state index in [0.717, 1.165) is 18.5 Å². The first-order valence-corrected chi connectivity index (χ1v) is 7.04. The van der Waals surface area contributed by atoms with Gasteiger partial charge in [0.15, 0.2) is 0 Å². The van der Waals surface area contributed by atoms with Crippen molar-refractivity contribution in [3.05, 3.63) is 63.9 Å². The summed E-state index contributed by atoms with van der Waals surface area (Å²) in [6.07, 6.45) is 3.47. The van der Waals surface area contributed by atoms with Crippen molar-refractivity contribution in [2.75, 3.05) is 0 Å². The maximum Gasteiger partial charge on any atom is 0.254 e. The zero-order valence-electron chi connectivity index (χ0n) is 11.2. The van der Waals surface area contributed by atoms with Gasteiger partial charge < -0.3 is 5.32 Å². The van der Waals surface area contributed by atoms with Crippen LogP contribution in [0.25, 0.3) is 0 Å². The number of rotatable bonds is 2. The molecule has 3 rings (SSSR count). The molecule has 1 aromatic carbocycles. The summed E-state index contributed by atoms with van der Waals surface area (Å²) < 4.78 is 0. The number of aryl methyl sites for hydroxylation is 2. The van der Waals surface area contributed by atoms with Crippen molar-refractivity contribution < 1.29 is 4.79 Å². The maximum absolute atomic E-state index is 12.3. The van der Waals surface area contributed by atoms with E-state index in [1.807, 2.05) is 19.1 Å². The lowest BCUT2D eigenvalue weighted by Crippen LogP contribution is -2.27. The molecule has 1 aliphatic rings. The van der Waals surface area contributed by atoms with Crippen molar-refractivity contribution in [3.8, 4) is 0 Å². The molecular formula is C16H15ClN2O. The number of fused-ring (bicyclic) bond motifs is 1. The normalized spacial score (nSPS) is 16.8. The van der Waals surface area contributed by atoms with Gasteiger partial charge in [-0.15, -0.1) is 0 Å². The average Bonchev–Trinajstić information content (AvgIpc) is 2.82. The summed E-state index contributed by atoms with van der Waals surface area (Å²) >= 11 is 6.11. The van der Waals surface area contributed by atoms with E-state index in [0.29, 0.717) is 10.6 Å². The Morgan fingerprint density at radius 2 is 2.20 bits per heavy atom. The molecule has 4 heteroatoms. The predicted molar refractivity (Wildman–Crippen MR) is 79.0 cm³/mol. The molecule has 0 spiro atoms. The molecule has 1 unspecified atom stereocenters. The number of pyridine rings is 1. The molecule has 0 radical (unpaired) electrons. The van der Waals surface area contributed by atoms with Crippen LogP contribution in [0.4, 0.5) is 0 Å². The highest BCUT2D eigenvalue weighted by Crippen LogP contribution is 2.31. The molecule has 1 amide bonds. The molecule has 0 bridgehead atoms. The quantitative estimate of drug-likeness (QED) is 0.918. The van der Waals surface area contributed by atoms with Crippen LogP contribution in [0.1, 0.15) is 39.6 Å². The van der Waals surface area contributed by atoms with Crippen LogP contribution in [0, 0.1) is 6.92 Å². The Labute approximate surface area is 123 Å². The fourth-order valence-corrected chi connectivity index (χ4v) is 2.93. The molecule has 1 atom stereocenters. The van der Waals surface area contributed by atoms with Crippen molar-refractivity contribution >= 4 is 17.5 Å². The Kier molecular flexibility index (Phi) is 3.45. The van der Waals surface area contributed by atoms with Gasteiger partial charge in [0.25, 0.3) is 5.91 Å². The second-order valence-corrected chi connectivity index (χ2v) is 5.48. The topological polar surface area (TPSA) is 42.0 Å². The summed E-state index contributed by atoms with van der Waals surface area (Å²) in [5, 5.41) is 3.49. The lowest BCUT2D eigenvalue weighted by atomic mass is 10.1. The number of hydrogen-bond donors (Lipinski definition) is 1. The summed E-state index contributed by atoms with van der Waals surface area (Å²) in [4.78, 5) is 16.4. The molecular weight excluding hydrogens is 272 g/mol. The van der Waals surface area contributed by atoms with E-state index in [4.69, 9.17) is 11.6 Å². The third kappa shape index (κ3) is 2.41. The lowest BCUT2D eigenvalue weighted by molar-refractivity contribution is 0.0936. The van der Waals surface area contributed by atoms with Crippen LogP contribution in [-0.4, -0.2) is 10.9 Å². The van der Waals surface area contributed by atoms with Crippen molar-refractivity contribution in [1.29, 1.82) is 0 Å². The molecule has 0 saturated heterocycles. The van der Waals surface area contributed by atoms with E-state index in [9.17, 15) is 4.79 Å². The zero-order valence-corrected chi connectivity index (χ0v) is 11.9. The molecule has 1 aliphatic carbocycles. The Balaban J connectivity index is 1.81. The SMILES string of the molecule is Cc1cc(Cl)c(C(=O)NC2CCc3ccccc32)cn1. The molecule has 3 nitrogen and oxygen atoms in total. The number of amides is 1. The van der Waals surface area contributed by atoms with Crippen molar-refractivity contribution in [1.82, 2.24) is 10.3 Å². The van der Waals surface area contributed by atoms with Crippen molar-refractivity contribution in [3.63, 3.8) is 0 Å². The van der Waals surface area contributed by atoms with Crippen LogP contribution in [-0.2, 0) is 6.42 Å². The molecule has 1 aromatic heterocycles. The van der Waals surface area contributed by atoms with Crippen LogP contribution >= 0.6 is 11.6 Å². The summed E-state index contributed by atoms with van der Waals surface area (Å²) in [5.74, 6) is -0.163. The highest BCUT2D eigenvalue weighted by molar-refractivity contribution is 6.33. The van der Waals surface area contributed by atoms with E-state index in [1.54, 1.807) is 6.07 Å². The standard InChI is InChI=1S/C16H15ClN2O/c1-10-8-14(17)13(9-18-10)16(20)19-15-7-6-11-4-2-3-5-12(11)15/h2-5,8-9,15H,6-7H2,1H3,(H,19,20). The number of carbonyl (C=O) groups is 1. The van der Waals surface area contributed by atoms with Crippen LogP contribution in [0.3, 0.4) is 0 Å². The zero-order chi connectivity index (χ0) is 14.1. The molecule has 102 valence electrons. The lowest BCUT2D eigenvalue weighted by Gasteiger charge is -2.14. The van der Waals surface area contributed by atoms with Gasteiger partial charge >= 0.3 is 0 Å². The number of halogens is 1. The van der Waals surface area contributed by atoms with E-state index in [1.165, 1.54) is 17.3 Å². The number of hydrogen-bond acceptors (Lipinski definition) is 2. The predicted octanol–water partition coefficient (Wildman–Crippen LogP) is 3.46. The van der Waals surface area contributed by atoms with Gasteiger partial charge in [0.2, 0.25) is 0 Å². The smallest absolute Gasteiger partial charge is 0.254 e. The minimum absolute atomic E-state index is 0.0658. The van der Waals surface area contributed by atoms with E-state index >= 15 is 0 Å². The first kappa shape index (κ1) is 13.1. The Bertz CT molecular complexity index is 669. The summed E-state index contributed by atoms with van der Waals surface area (Å²) in [5.41, 5.74) is 3.75. The van der Waals surface area contributed by atoms with Gasteiger partial charge in [-0.05, 0) is 37.0 Å². The van der Waals surface area contributed by atoms with Crippen molar-refractivity contribution in [2.45, 2.75) is 25.8 Å². The van der Waals surface area contributed by atoms with Gasteiger partial charge in [-0.2, -0.15) is 0 Å². The monoisotopic (exact) mass is 286 g/mol. The second-order valence-electron chi connectivity index (χ2n) is 5.07. The van der Waals surface area contributed by atoms with Gasteiger partial charge in [0, 0.05) is 11.9 Å². The Morgan fingerprint density at radius 1 is 1.40 bits per heavy atom. The molecule has 2 aromatic rings. The van der Waals surface area contributed by atoms with Crippen molar-refractivity contribution in [2.24, 2.45) is 0 Å². The first-order valence-electron chi connectivity index (χ1n) is 6.66. The second kappa shape index (κ2) is 5.25. The maximum atomic E-state index is 12.3. The van der Waals surface area contributed by atoms with Crippen LogP contribution < -0.4 is 5.32 Å². The molecule has 0 fully saturated rings. The summed E-state index contributed by atoms with van der Waals surface area (Å²) in [6.45, 7) is 1.85. The molecule has 0 saturated carbocycles. The minimum Gasteiger partial charge on any atom is -0.345 e. The third-order valence-corrected chi connectivity index (χ3v) is 3.99.